The Labute approximate surface area is 139 Å². The minimum atomic E-state index is -0.255. The highest BCUT2D eigenvalue weighted by molar-refractivity contribution is 5.94. The number of hydrogen-bond acceptors (Lipinski definition) is 3. The van der Waals surface area contributed by atoms with Crippen molar-refractivity contribution in [3.05, 3.63) is 54.7 Å². The van der Waals surface area contributed by atoms with Gasteiger partial charge in [-0.1, -0.05) is 25.1 Å². The van der Waals surface area contributed by atoms with E-state index in [2.05, 4.69) is 15.7 Å². The molecule has 122 valence electrons. The lowest BCUT2D eigenvalue weighted by atomic mass is 10.2. The molecule has 0 fully saturated rings. The van der Waals surface area contributed by atoms with Crippen LogP contribution in [-0.2, 0) is 9.59 Å². The number of para-hydroxylation sites is 1. The van der Waals surface area contributed by atoms with Gasteiger partial charge >= 0.3 is 0 Å². The molecule has 3 aromatic rings. The highest BCUT2D eigenvalue weighted by Crippen LogP contribution is 2.19. The van der Waals surface area contributed by atoms with Gasteiger partial charge < -0.3 is 10.6 Å². The molecule has 2 amide bonds. The van der Waals surface area contributed by atoms with E-state index in [0.29, 0.717) is 12.1 Å². The van der Waals surface area contributed by atoms with Gasteiger partial charge in [0.2, 0.25) is 11.8 Å². The summed E-state index contributed by atoms with van der Waals surface area (Å²) in [5, 5.41) is 10.8. The van der Waals surface area contributed by atoms with Gasteiger partial charge in [0.05, 0.1) is 23.9 Å². The van der Waals surface area contributed by atoms with E-state index < -0.39 is 0 Å². The average molecular weight is 322 g/mol. The highest BCUT2D eigenvalue weighted by Gasteiger charge is 2.06. The molecule has 0 aliphatic rings. The monoisotopic (exact) mass is 322 g/mol. The van der Waals surface area contributed by atoms with Crippen LogP contribution < -0.4 is 10.6 Å². The zero-order valence-electron chi connectivity index (χ0n) is 13.3. The maximum atomic E-state index is 11.8. The lowest BCUT2D eigenvalue weighted by molar-refractivity contribution is -0.123. The van der Waals surface area contributed by atoms with Crippen LogP contribution in [0.2, 0.25) is 0 Å². The molecule has 6 heteroatoms. The fraction of sp³-hybridized carbons (Fsp3) is 0.167. The molecule has 0 aliphatic heterocycles. The summed E-state index contributed by atoms with van der Waals surface area (Å²) >= 11 is 0. The SMILES string of the molecule is CCC(=O)NCC(=O)Nc1ccc(-n2ncc3ccccc32)cc1. The zero-order valence-corrected chi connectivity index (χ0v) is 13.3. The number of hydrogen-bond donors (Lipinski definition) is 2. The molecule has 2 aromatic carbocycles. The molecular weight excluding hydrogens is 304 g/mol. The Hall–Kier alpha value is -3.15. The number of anilines is 1. The highest BCUT2D eigenvalue weighted by atomic mass is 16.2. The van der Waals surface area contributed by atoms with Gasteiger partial charge in [-0.15, -0.1) is 0 Å². The molecule has 0 spiro atoms. The fourth-order valence-electron chi connectivity index (χ4n) is 2.37. The normalized spacial score (nSPS) is 10.5. The summed E-state index contributed by atoms with van der Waals surface area (Å²) in [7, 11) is 0. The zero-order chi connectivity index (χ0) is 16.9. The van der Waals surface area contributed by atoms with Gasteiger partial charge in [0.25, 0.3) is 0 Å². The third kappa shape index (κ3) is 3.43. The Morgan fingerprint density at radius 1 is 1.04 bits per heavy atom. The third-order valence-electron chi connectivity index (χ3n) is 3.64. The molecular formula is C18H18N4O2. The summed E-state index contributed by atoms with van der Waals surface area (Å²) in [6.07, 6.45) is 2.18. The summed E-state index contributed by atoms with van der Waals surface area (Å²) in [6.45, 7) is 1.71. The average Bonchev–Trinajstić information content (AvgIpc) is 3.04. The first-order chi connectivity index (χ1) is 11.7. The van der Waals surface area contributed by atoms with E-state index in [1.54, 1.807) is 6.92 Å². The van der Waals surface area contributed by atoms with Gasteiger partial charge in [-0.3, -0.25) is 9.59 Å². The summed E-state index contributed by atoms with van der Waals surface area (Å²) in [5.41, 5.74) is 2.61. The standard InChI is InChI=1S/C18H18N4O2/c1-2-17(23)19-12-18(24)21-14-7-9-15(10-8-14)22-16-6-4-3-5-13(16)11-20-22/h3-11H,2,12H2,1H3,(H,19,23)(H,21,24). The molecule has 0 saturated heterocycles. The second kappa shape index (κ2) is 6.95. The lowest BCUT2D eigenvalue weighted by Gasteiger charge is -2.08. The Morgan fingerprint density at radius 2 is 1.79 bits per heavy atom. The van der Waals surface area contributed by atoms with E-state index >= 15 is 0 Å². The number of carbonyl (C=O) groups is 2. The fourth-order valence-corrected chi connectivity index (χ4v) is 2.37. The van der Waals surface area contributed by atoms with Gasteiger partial charge in [0.15, 0.2) is 0 Å². The van der Waals surface area contributed by atoms with Crippen molar-refractivity contribution in [3.63, 3.8) is 0 Å². The minimum Gasteiger partial charge on any atom is -0.347 e. The number of rotatable bonds is 5. The van der Waals surface area contributed by atoms with Gasteiger partial charge in [-0.25, -0.2) is 4.68 Å². The number of carbonyl (C=O) groups excluding carboxylic acids is 2. The Morgan fingerprint density at radius 3 is 2.54 bits per heavy atom. The van der Waals surface area contributed by atoms with Crippen molar-refractivity contribution in [1.29, 1.82) is 0 Å². The van der Waals surface area contributed by atoms with Crippen molar-refractivity contribution in [2.45, 2.75) is 13.3 Å². The maximum absolute atomic E-state index is 11.8. The number of nitrogens with one attached hydrogen (secondary N) is 2. The van der Waals surface area contributed by atoms with E-state index in [-0.39, 0.29) is 18.4 Å². The first-order valence-electron chi connectivity index (χ1n) is 7.77. The van der Waals surface area contributed by atoms with E-state index in [0.717, 1.165) is 16.6 Å². The largest absolute Gasteiger partial charge is 0.347 e. The maximum Gasteiger partial charge on any atom is 0.243 e. The van der Waals surface area contributed by atoms with Gasteiger partial charge in [0, 0.05) is 17.5 Å². The van der Waals surface area contributed by atoms with Gasteiger partial charge in [-0.2, -0.15) is 5.10 Å². The first-order valence-corrected chi connectivity index (χ1v) is 7.77. The molecule has 0 unspecified atom stereocenters. The molecule has 3 rings (SSSR count). The number of aromatic nitrogens is 2. The third-order valence-corrected chi connectivity index (χ3v) is 3.64. The topological polar surface area (TPSA) is 76.0 Å². The molecule has 24 heavy (non-hydrogen) atoms. The Balaban J connectivity index is 1.69. The summed E-state index contributed by atoms with van der Waals surface area (Å²) in [6, 6.07) is 15.4. The van der Waals surface area contributed by atoms with Crippen LogP contribution in [0.4, 0.5) is 5.69 Å². The van der Waals surface area contributed by atoms with Gasteiger partial charge in [0.1, 0.15) is 0 Å². The first kappa shape index (κ1) is 15.7. The smallest absolute Gasteiger partial charge is 0.243 e. The van der Waals surface area contributed by atoms with Crippen LogP contribution in [0.15, 0.2) is 54.7 Å². The predicted octanol–water partition coefficient (Wildman–Crippen LogP) is 2.49. The van der Waals surface area contributed by atoms with Crippen molar-refractivity contribution in [2.24, 2.45) is 0 Å². The minimum absolute atomic E-state index is 0.0295. The second-order valence-electron chi connectivity index (χ2n) is 5.34. The molecule has 0 radical (unpaired) electrons. The molecule has 2 N–H and O–H groups in total. The van der Waals surface area contributed by atoms with Crippen molar-refractivity contribution in [1.82, 2.24) is 15.1 Å². The van der Waals surface area contributed by atoms with E-state index in [1.165, 1.54) is 0 Å². The Bertz CT molecular complexity index is 868. The van der Waals surface area contributed by atoms with Crippen molar-refractivity contribution < 1.29 is 9.59 Å². The molecule has 0 aliphatic carbocycles. The van der Waals surface area contributed by atoms with Crippen LogP contribution >= 0.6 is 0 Å². The van der Waals surface area contributed by atoms with Crippen molar-refractivity contribution in [3.8, 4) is 5.69 Å². The van der Waals surface area contributed by atoms with Gasteiger partial charge in [-0.05, 0) is 30.3 Å². The lowest BCUT2D eigenvalue weighted by Crippen LogP contribution is -2.32. The molecule has 0 atom stereocenters. The predicted molar refractivity (Wildman–Crippen MR) is 93.0 cm³/mol. The summed E-state index contributed by atoms with van der Waals surface area (Å²) < 4.78 is 1.85. The van der Waals surface area contributed by atoms with E-state index in [4.69, 9.17) is 0 Å². The summed E-state index contributed by atoms with van der Waals surface area (Å²) in [5.74, 6) is -0.403. The molecule has 1 heterocycles. The molecule has 0 saturated carbocycles. The quantitative estimate of drug-likeness (QED) is 0.758. The van der Waals surface area contributed by atoms with Crippen LogP contribution in [0, 0.1) is 0 Å². The molecule has 6 nitrogen and oxygen atoms in total. The van der Waals surface area contributed by atoms with Crippen molar-refractivity contribution in [2.75, 3.05) is 11.9 Å². The Kier molecular flexibility index (Phi) is 4.56. The number of fused-ring (bicyclic) bond motifs is 1. The van der Waals surface area contributed by atoms with Crippen molar-refractivity contribution >= 4 is 28.4 Å². The number of amides is 2. The number of nitrogens with zero attached hydrogens (tertiary/aromatic N) is 2. The second-order valence-corrected chi connectivity index (χ2v) is 5.34. The van der Waals surface area contributed by atoms with Crippen LogP contribution in [0.1, 0.15) is 13.3 Å². The van der Waals surface area contributed by atoms with Crippen LogP contribution in [0.3, 0.4) is 0 Å². The molecule has 1 aromatic heterocycles. The van der Waals surface area contributed by atoms with Crippen LogP contribution in [-0.4, -0.2) is 28.1 Å². The van der Waals surface area contributed by atoms with E-state index in [1.807, 2.05) is 59.4 Å². The van der Waals surface area contributed by atoms with Crippen LogP contribution in [0.25, 0.3) is 16.6 Å². The van der Waals surface area contributed by atoms with Crippen LogP contribution in [0.5, 0.6) is 0 Å². The molecule has 0 bridgehead atoms. The summed E-state index contributed by atoms with van der Waals surface area (Å²) in [4.78, 5) is 22.9. The van der Waals surface area contributed by atoms with E-state index in [9.17, 15) is 9.59 Å². The number of benzene rings is 2.